The number of anilines is 1. The number of halogens is 2. The van der Waals surface area contributed by atoms with Crippen molar-refractivity contribution in [3.05, 3.63) is 28.3 Å². The summed E-state index contributed by atoms with van der Waals surface area (Å²) < 4.78 is 29.1. The molecule has 1 fully saturated rings. The number of amides is 2. The first-order chi connectivity index (χ1) is 11.3. The van der Waals surface area contributed by atoms with Gasteiger partial charge in [-0.05, 0) is 31.7 Å². The number of nitro groups is 1. The topological polar surface area (TPSA) is 114 Å². The van der Waals surface area contributed by atoms with Crippen molar-refractivity contribution in [1.29, 1.82) is 0 Å². The lowest BCUT2D eigenvalue weighted by Crippen LogP contribution is -2.40. The van der Waals surface area contributed by atoms with E-state index in [1.165, 1.54) is 0 Å². The first kappa shape index (κ1) is 17.9. The highest BCUT2D eigenvalue weighted by atomic mass is 19.3. The summed E-state index contributed by atoms with van der Waals surface area (Å²) in [5.41, 5.74) is -0.592. The quantitative estimate of drug-likeness (QED) is 0.561. The molecule has 0 spiro atoms. The second kappa shape index (κ2) is 7.86. The molecule has 1 saturated carbocycles. The number of ether oxygens (including phenoxy) is 1. The van der Waals surface area contributed by atoms with E-state index < -0.39 is 17.6 Å². The van der Waals surface area contributed by atoms with E-state index in [4.69, 9.17) is 0 Å². The van der Waals surface area contributed by atoms with Gasteiger partial charge in [-0.3, -0.25) is 10.1 Å². The van der Waals surface area contributed by atoms with Gasteiger partial charge in [-0.25, -0.2) is 4.79 Å². The van der Waals surface area contributed by atoms with Gasteiger partial charge in [0.25, 0.3) is 5.69 Å². The second-order valence-electron chi connectivity index (χ2n) is 5.42. The van der Waals surface area contributed by atoms with Gasteiger partial charge >= 0.3 is 12.6 Å². The van der Waals surface area contributed by atoms with E-state index in [0.29, 0.717) is 25.7 Å². The predicted molar refractivity (Wildman–Crippen MR) is 80.1 cm³/mol. The van der Waals surface area contributed by atoms with Gasteiger partial charge < -0.3 is 20.5 Å². The van der Waals surface area contributed by atoms with Crippen molar-refractivity contribution in [3.63, 3.8) is 0 Å². The summed E-state index contributed by atoms with van der Waals surface area (Å²) in [5.74, 6) is -0.371. The number of nitrogens with one attached hydrogen (secondary N) is 2. The normalized spacial score (nSPS) is 20.5. The van der Waals surface area contributed by atoms with Crippen LogP contribution in [0.2, 0.25) is 0 Å². The van der Waals surface area contributed by atoms with Crippen LogP contribution in [0, 0.1) is 10.1 Å². The largest absolute Gasteiger partial charge is 0.433 e. The molecule has 2 amide bonds. The van der Waals surface area contributed by atoms with E-state index in [0.717, 1.165) is 18.2 Å². The molecular weight excluding hydrogens is 328 g/mol. The van der Waals surface area contributed by atoms with Crippen molar-refractivity contribution >= 4 is 17.4 Å². The van der Waals surface area contributed by atoms with Crippen molar-refractivity contribution in [2.75, 3.05) is 5.32 Å². The average Bonchev–Trinajstić information content (AvgIpc) is 2.50. The number of rotatable bonds is 5. The van der Waals surface area contributed by atoms with Crippen LogP contribution in [0.1, 0.15) is 25.7 Å². The van der Waals surface area contributed by atoms with Crippen molar-refractivity contribution in [1.82, 2.24) is 5.32 Å². The molecule has 0 atom stereocenters. The summed E-state index contributed by atoms with van der Waals surface area (Å²) in [6.45, 7) is -3.13. The zero-order valence-electron chi connectivity index (χ0n) is 12.6. The van der Waals surface area contributed by atoms with E-state index >= 15 is 0 Å². The van der Waals surface area contributed by atoms with Crippen LogP contribution >= 0.6 is 0 Å². The van der Waals surface area contributed by atoms with Gasteiger partial charge in [0.1, 0.15) is 5.75 Å². The Kier molecular flexibility index (Phi) is 5.85. The fraction of sp³-hybridized carbons (Fsp3) is 0.500. The number of urea groups is 1. The Hall–Kier alpha value is -2.49. The van der Waals surface area contributed by atoms with Crippen LogP contribution in [0.15, 0.2) is 18.2 Å². The van der Waals surface area contributed by atoms with Crippen LogP contribution < -0.4 is 15.4 Å². The molecule has 2 rings (SSSR count). The van der Waals surface area contributed by atoms with Gasteiger partial charge in [0.05, 0.1) is 16.7 Å². The molecule has 0 aliphatic heterocycles. The van der Waals surface area contributed by atoms with Crippen LogP contribution in [0.25, 0.3) is 0 Å². The third-order valence-electron chi connectivity index (χ3n) is 3.67. The van der Waals surface area contributed by atoms with Crippen LogP contribution in [-0.2, 0) is 0 Å². The standard InChI is InChI=1S/C14H17F2N3O5/c15-13(16)24-12-6-3-9(19(22)23)7-11(12)18-14(21)17-8-1-4-10(20)5-2-8/h3,6-8,10,13,20H,1-2,4-5H2,(H2,17,18,21). The number of aliphatic hydroxyl groups excluding tert-OH is 1. The molecule has 0 saturated heterocycles. The van der Waals surface area contributed by atoms with Crippen molar-refractivity contribution < 1.29 is 28.3 Å². The number of aliphatic hydroxyl groups is 1. The fourth-order valence-corrected chi connectivity index (χ4v) is 2.49. The van der Waals surface area contributed by atoms with Crippen LogP contribution in [0.3, 0.4) is 0 Å². The Labute approximate surface area is 135 Å². The maximum atomic E-state index is 12.4. The number of alkyl halides is 2. The Morgan fingerprint density at radius 2 is 2.00 bits per heavy atom. The molecule has 1 aliphatic carbocycles. The number of non-ortho nitro benzene ring substituents is 1. The summed E-state index contributed by atoms with van der Waals surface area (Å²) >= 11 is 0. The fourth-order valence-electron chi connectivity index (χ4n) is 2.49. The molecule has 1 aromatic rings. The first-order valence-corrected chi connectivity index (χ1v) is 7.34. The lowest BCUT2D eigenvalue weighted by molar-refractivity contribution is -0.384. The van der Waals surface area contributed by atoms with E-state index in [1.807, 2.05) is 0 Å². The Morgan fingerprint density at radius 3 is 2.58 bits per heavy atom. The number of carbonyl (C=O) groups excluding carboxylic acids is 1. The molecule has 3 N–H and O–H groups in total. The van der Waals surface area contributed by atoms with E-state index in [9.17, 15) is 28.8 Å². The molecule has 132 valence electrons. The molecule has 0 heterocycles. The SMILES string of the molecule is O=C(Nc1cc([N+](=O)[O-])ccc1OC(F)F)NC1CCC(O)CC1. The smallest absolute Gasteiger partial charge is 0.387 e. The highest BCUT2D eigenvalue weighted by Gasteiger charge is 2.22. The monoisotopic (exact) mass is 345 g/mol. The molecule has 0 aromatic heterocycles. The van der Waals surface area contributed by atoms with Crippen LogP contribution in [0.5, 0.6) is 5.75 Å². The van der Waals surface area contributed by atoms with E-state index in [-0.39, 0.29) is 29.3 Å². The molecule has 0 bridgehead atoms. The van der Waals surface area contributed by atoms with Crippen molar-refractivity contribution in [2.45, 2.75) is 44.4 Å². The molecular formula is C14H17F2N3O5. The molecule has 24 heavy (non-hydrogen) atoms. The van der Waals surface area contributed by atoms with Gasteiger partial charge in [0, 0.05) is 18.2 Å². The van der Waals surface area contributed by atoms with Gasteiger partial charge in [0.2, 0.25) is 0 Å². The Morgan fingerprint density at radius 1 is 1.33 bits per heavy atom. The van der Waals surface area contributed by atoms with Crippen LogP contribution in [0.4, 0.5) is 25.0 Å². The summed E-state index contributed by atoms with van der Waals surface area (Å²) in [6.07, 6.45) is 1.91. The number of benzene rings is 1. The predicted octanol–water partition coefficient (Wildman–Crippen LogP) is 2.62. The molecule has 8 nitrogen and oxygen atoms in total. The third-order valence-corrected chi connectivity index (χ3v) is 3.67. The maximum absolute atomic E-state index is 12.4. The average molecular weight is 345 g/mol. The number of hydrogen-bond donors (Lipinski definition) is 3. The van der Waals surface area contributed by atoms with Crippen LogP contribution in [-0.4, -0.2) is 34.8 Å². The zero-order valence-corrected chi connectivity index (χ0v) is 12.6. The molecule has 0 unspecified atom stereocenters. The summed E-state index contributed by atoms with van der Waals surface area (Å²) in [5, 5.41) is 25.1. The second-order valence-corrected chi connectivity index (χ2v) is 5.42. The van der Waals surface area contributed by atoms with E-state index in [1.54, 1.807) is 0 Å². The molecule has 0 radical (unpaired) electrons. The van der Waals surface area contributed by atoms with Gasteiger partial charge in [-0.2, -0.15) is 8.78 Å². The van der Waals surface area contributed by atoms with Gasteiger partial charge in [0.15, 0.2) is 0 Å². The summed E-state index contributed by atoms with van der Waals surface area (Å²) in [6, 6.07) is 2.10. The van der Waals surface area contributed by atoms with Gasteiger partial charge in [-0.1, -0.05) is 0 Å². The highest BCUT2D eigenvalue weighted by molar-refractivity contribution is 5.91. The molecule has 1 aromatic carbocycles. The zero-order chi connectivity index (χ0) is 17.7. The number of carbonyl (C=O) groups is 1. The number of nitro benzene ring substituents is 1. The lowest BCUT2D eigenvalue weighted by Gasteiger charge is -2.26. The Bertz CT molecular complexity index is 606. The maximum Gasteiger partial charge on any atom is 0.387 e. The summed E-state index contributed by atoms with van der Waals surface area (Å²) in [4.78, 5) is 22.1. The Balaban J connectivity index is 2.06. The first-order valence-electron chi connectivity index (χ1n) is 7.34. The molecule has 1 aliphatic rings. The van der Waals surface area contributed by atoms with Gasteiger partial charge in [-0.15, -0.1) is 0 Å². The minimum absolute atomic E-state index is 0.161. The van der Waals surface area contributed by atoms with Crippen molar-refractivity contribution in [2.24, 2.45) is 0 Å². The number of nitrogens with zero attached hydrogens (tertiary/aromatic N) is 1. The minimum Gasteiger partial charge on any atom is -0.433 e. The lowest BCUT2D eigenvalue weighted by atomic mass is 9.93. The molecule has 10 heteroatoms. The minimum atomic E-state index is -3.13. The van der Waals surface area contributed by atoms with E-state index in [2.05, 4.69) is 15.4 Å². The summed E-state index contributed by atoms with van der Waals surface area (Å²) in [7, 11) is 0. The van der Waals surface area contributed by atoms with Crippen molar-refractivity contribution in [3.8, 4) is 5.75 Å². The number of hydrogen-bond acceptors (Lipinski definition) is 5. The third kappa shape index (κ3) is 5.01. The highest BCUT2D eigenvalue weighted by Crippen LogP contribution is 2.30.